The number of piperidine rings is 1. The molecule has 0 radical (unpaired) electrons. The quantitative estimate of drug-likeness (QED) is 0.710. The van der Waals surface area contributed by atoms with Gasteiger partial charge in [-0.3, -0.25) is 0 Å². The van der Waals surface area contributed by atoms with Crippen LogP contribution in [0.3, 0.4) is 0 Å². The molecule has 3 fully saturated rings. The number of benzene rings is 1. The highest BCUT2D eigenvalue weighted by atomic mass is 19.1. The average molecular weight is 408 g/mol. The highest BCUT2D eigenvalue weighted by Crippen LogP contribution is 2.33. The lowest BCUT2D eigenvalue weighted by molar-refractivity contribution is -0.133. The summed E-state index contributed by atoms with van der Waals surface area (Å²) in [7, 11) is 0. The van der Waals surface area contributed by atoms with E-state index in [9.17, 15) is 8.78 Å². The third-order valence-electron chi connectivity index (χ3n) is 5.60. The van der Waals surface area contributed by atoms with Gasteiger partial charge < -0.3 is 15.0 Å². The van der Waals surface area contributed by atoms with Crippen molar-refractivity contribution in [2.24, 2.45) is 0 Å². The summed E-state index contributed by atoms with van der Waals surface area (Å²) in [5.41, 5.74) is 0.441. The van der Waals surface area contributed by atoms with Gasteiger partial charge in [-0.05, 0) is 25.1 Å². The molecule has 3 aliphatic rings. The fourth-order valence-electron chi connectivity index (χ4n) is 4.04. The van der Waals surface area contributed by atoms with Crippen molar-refractivity contribution in [1.82, 2.24) is 15.2 Å². The largest absolute Gasteiger partial charge is 0.371 e. The molecular formula is C21H18F2N6O. The van der Waals surface area contributed by atoms with Gasteiger partial charge in [-0.25, -0.2) is 13.8 Å². The minimum absolute atomic E-state index is 0.0372. The summed E-state index contributed by atoms with van der Waals surface area (Å²) in [5, 5.41) is 22.0. The molecular weight excluding hydrogens is 390 g/mol. The van der Waals surface area contributed by atoms with Crippen LogP contribution in [0.2, 0.25) is 0 Å². The Kier molecular flexibility index (Phi) is 4.44. The number of pyridine rings is 1. The zero-order valence-electron chi connectivity index (χ0n) is 16.2. The molecule has 7 nitrogen and oxygen atoms in total. The molecule has 2 aromatic heterocycles. The van der Waals surface area contributed by atoms with E-state index >= 15 is 0 Å². The number of nitriles is 1. The molecule has 9 heteroatoms. The van der Waals surface area contributed by atoms with Gasteiger partial charge >= 0.3 is 0 Å². The average Bonchev–Trinajstić information content (AvgIpc) is 2.74. The van der Waals surface area contributed by atoms with E-state index < -0.39 is 11.6 Å². The van der Waals surface area contributed by atoms with E-state index in [-0.39, 0.29) is 29.9 Å². The molecule has 5 heterocycles. The summed E-state index contributed by atoms with van der Waals surface area (Å²) < 4.78 is 33.8. The van der Waals surface area contributed by atoms with E-state index in [2.05, 4.69) is 25.4 Å². The van der Waals surface area contributed by atoms with Gasteiger partial charge in [0.25, 0.3) is 0 Å². The molecule has 0 aliphatic carbocycles. The Hall–Kier alpha value is -3.38. The molecule has 1 N–H and O–H groups in total. The molecule has 3 aliphatic heterocycles. The number of hydrogen-bond acceptors (Lipinski definition) is 7. The van der Waals surface area contributed by atoms with Gasteiger partial charge in [-0.2, -0.15) is 10.4 Å². The maximum Gasteiger partial charge on any atom is 0.157 e. The number of rotatable bonds is 4. The molecule has 3 saturated heterocycles. The van der Waals surface area contributed by atoms with Crippen molar-refractivity contribution in [2.45, 2.75) is 32.1 Å². The van der Waals surface area contributed by atoms with E-state index in [4.69, 9.17) is 10.00 Å². The van der Waals surface area contributed by atoms with Gasteiger partial charge in [0, 0.05) is 48.6 Å². The Bertz CT molecular complexity index is 1180. The monoisotopic (exact) mass is 408 g/mol. The maximum atomic E-state index is 14.4. The van der Waals surface area contributed by atoms with Crippen molar-refractivity contribution in [1.29, 1.82) is 5.26 Å². The highest BCUT2D eigenvalue weighted by Gasteiger charge is 2.38. The summed E-state index contributed by atoms with van der Waals surface area (Å²) >= 11 is 0. The van der Waals surface area contributed by atoms with Crippen LogP contribution in [0, 0.1) is 29.9 Å². The van der Waals surface area contributed by atoms with E-state index in [0.717, 1.165) is 53.9 Å². The first-order valence-corrected chi connectivity index (χ1v) is 9.67. The zero-order valence-corrected chi connectivity index (χ0v) is 16.2. The smallest absolute Gasteiger partial charge is 0.157 e. The number of morpholine rings is 1. The van der Waals surface area contributed by atoms with Gasteiger partial charge in [0.1, 0.15) is 23.5 Å². The van der Waals surface area contributed by atoms with E-state index in [1.807, 2.05) is 13.0 Å². The Balaban J connectivity index is 1.47. The number of ether oxygens (including phenoxy) is 1. The molecule has 0 spiro atoms. The SMILES string of the molecule is Cc1nnc(NCc2cc(F)cc(C#N)c2F)c2cc(N3CC4CC(C3)O4)ncc12. The lowest BCUT2D eigenvalue weighted by Crippen LogP contribution is -2.57. The van der Waals surface area contributed by atoms with Crippen molar-refractivity contribution >= 4 is 22.4 Å². The standard InChI is InChI=1S/C21H18F2N6O/c1-11-18-8-25-19(29-9-15-4-16(10-29)30-15)5-17(18)21(28-27-11)26-7-13-3-14(22)2-12(6-24)20(13)23/h2-3,5,8,15-16H,4,7,9-10H2,1H3,(H,26,28). The summed E-state index contributed by atoms with van der Waals surface area (Å²) in [6.07, 6.45) is 3.35. The second-order valence-electron chi connectivity index (χ2n) is 7.63. The van der Waals surface area contributed by atoms with Crippen molar-refractivity contribution in [3.05, 3.63) is 52.9 Å². The van der Waals surface area contributed by atoms with Gasteiger partial charge in [0.05, 0.1) is 23.5 Å². The van der Waals surface area contributed by atoms with Crippen LogP contribution < -0.4 is 10.2 Å². The van der Waals surface area contributed by atoms with E-state index in [0.29, 0.717) is 5.82 Å². The van der Waals surface area contributed by atoms with Crippen molar-refractivity contribution in [2.75, 3.05) is 23.3 Å². The molecule has 6 rings (SSSR count). The number of aromatic nitrogens is 3. The topological polar surface area (TPSA) is 87.0 Å². The molecule has 0 saturated carbocycles. The van der Waals surface area contributed by atoms with Crippen LogP contribution in [-0.2, 0) is 11.3 Å². The van der Waals surface area contributed by atoms with Crippen molar-refractivity contribution < 1.29 is 13.5 Å². The molecule has 0 amide bonds. The number of hydrogen-bond donors (Lipinski definition) is 1. The maximum absolute atomic E-state index is 14.4. The minimum atomic E-state index is -0.745. The van der Waals surface area contributed by atoms with Crippen LogP contribution in [0.15, 0.2) is 24.4 Å². The first-order valence-electron chi connectivity index (χ1n) is 9.67. The number of halogens is 2. The summed E-state index contributed by atoms with van der Waals surface area (Å²) in [6.45, 7) is 3.39. The van der Waals surface area contributed by atoms with E-state index in [1.54, 1.807) is 12.3 Å². The fourth-order valence-corrected chi connectivity index (χ4v) is 4.04. The molecule has 3 aromatic rings. The van der Waals surface area contributed by atoms with E-state index in [1.165, 1.54) is 0 Å². The number of aryl methyl sites for hydroxylation is 1. The summed E-state index contributed by atoms with van der Waals surface area (Å²) in [4.78, 5) is 6.77. The van der Waals surface area contributed by atoms with Crippen LogP contribution in [0.4, 0.5) is 20.4 Å². The lowest BCUT2D eigenvalue weighted by atomic mass is 9.99. The van der Waals surface area contributed by atoms with Crippen molar-refractivity contribution in [3.8, 4) is 6.07 Å². The normalized spacial score (nSPS) is 20.0. The zero-order chi connectivity index (χ0) is 20.8. The van der Waals surface area contributed by atoms with Crippen LogP contribution in [0.5, 0.6) is 0 Å². The molecule has 30 heavy (non-hydrogen) atoms. The van der Waals surface area contributed by atoms with Crippen LogP contribution in [-0.4, -0.2) is 40.5 Å². The summed E-state index contributed by atoms with van der Waals surface area (Å²) in [6, 6.07) is 5.55. The Labute approximate surface area is 171 Å². The Morgan fingerprint density at radius 3 is 2.70 bits per heavy atom. The molecule has 2 bridgehead atoms. The second-order valence-corrected chi connectivity index (χ2v) is 7.63. The molecule has 2 unspecified atom stereocenters. The number of anilines is 2. The van der Waals surface area contributed by atoms with Gasteiger partial charge in [0.15, 0.2) is 5.82 Å². The lowest BCUT2D eigenvalue weighted by Gasteiger charge is -2.47. The Morgan fingerprint density at radius 2 is 1.97 bits per heavy atom. The minimum Gasteiger partial charge on any atom is -0.371 e. The predicted molar refractivity (Wildman–Crippen MR) is 106 cm³/mol. The molecule has 1 aromatic carbocycles. The summed E-state index contributed by atoms with van der Waals surface area (Å²) in [5.74, 6) is -0.146. The predicted octanol–water partition coefficient (Wildman–Crippen LogP) is 3.07. The highest BCUT2D eigenvalue weighted by molar-refractivity contribution is 5.94. The third kappa shape index (κ3) is 3.19. The number of nitrogens with one attached hydrogen (secondary N) is 1. The number of nitrogens with zero attached hydrogens (tertiary/aromatic N) is 5. The Morgan fingerprint density at radius 1 is 1.20 bits per heavy atom. The van der Waals surface area contributed by atoms with Gasteiger partial charge in [-0.1, -0.05) is 0 Å². The molecule has 152 valence electrons. The van der Waals surface area contributed by atoms with Crippen LogP contribution in [0.1, 0.15) is 23.2 Å². The van der Waals surface area contributed by atoms with Crippen LogP contribution in [0.25, 0.3) is 10.8 Å². The molecule has 2 atom stereocenters. The van der Waals surface area contributed by atoms with Crippen molar-refractivity contribution in [3.63, 3.8) is 0 Å². The van der Waals surface area contributed by atoms with Gasteiger partial charge in [0.2, 0.25) is 0 Å². The first-order chi connectivity index (χ1) is 14.5. The third-order valence-corrected chi connectivity index (χ3v) is 5.60. The number of fused-ring (bicyclic) bond motifs is 3. The first kappa shape index (κ1) is 18.6. The second kappa shape index (κ2) is 7.15. The van der Waals surface area contributed by atoms with Gasteiger partial charge in [-0.15, -0.1) is 5.10 Å². The fraction of sp³-hybridized carbons (Fsp3) is 0.333. The van der Waals surface area contributed by atoms with Crippen LogP contribution >= 0.6 is 0 Å².